The number of amides is 1. The van der Waals surface area contributed by atoms with Crippen LogP contribution < -0.4 is 5.32 Å². The Labute approximate surface area is 153 Å². The van der Waals surface area contributed by atoms with Gasteiger partial charge in [0.2, 0.25) is 0 Å². The molecule has 0 aromatic carbocycles. The molecule has 0 unspecified atom stereocenters. The molecule has 2 aliphatic carbocycles. The zero-order chi connectivity index (χ0) is 18.9. The van der Waals surface area contributed by atoms with Gasteiger partial charge in [-0.05, 0) is 65.4 Å². The van der Waals surface area contributed by atoms with Gasteiger partial charge >= 0.3 is 5.97 Å². The number of nitrogens with zero attached hydrogens (tertiary/aromatic N) is 3. The number of rotatable bonds is 5. The molecule has 7 nitrogen and oxygen atoms in total. The fraction of sp³-hybridized carbons (Fsp3) is 0.684. The first-order valence-corrected chi connectivity index (χ1v) is 9.24. The molecule has 1 aromatic heterocycles. The fourth-order valence-corrected chi connectivity index (χ4v) is 3.45. The quantitative estimate of drug-likeness (QED) is 0.816. The third-order valence-electron chi connectivity index (χ3n) is 4.96. The lowest BCUT2D eigenvalue weighted by Crippen LogP contribution is -2.46. The molecule has 0 radical (unpaired) electrons. The van der Waals surface area contributed by atoms with Gasteiger partial charge in [0.25, 0.3) is 5.91 Å². The highest BCUT2D eigenvalue weighted by Crippen LogP contribution is 2.41. The van der Waals surface area contributed by atoms with E-state index in [-0.39, 0.29) is 11.2 Å². The summed E-state index contributed by atoms with van der Waals surface area (Å²) in [5, 5.41) is 16.4. The van der Waals surface area contributed by atoms with Crippen molar-refractivity contribution in [2.45, 2.75) is 76.3 Å². The molecule has 1 N–H and O–H groups in total. The highest BCUT2D eigenvalue weighted by molar-refractivity contribution is 5.90. The van der Waals surface area contributed by atoms with Crippen molar-refractivity contribution in [1.82, 2.24) is 15.1 Å². The Balaban J connectivity index is 1.62. The number of hydrogen-bond acceptors (Lipinski definition) is 5. The van der Waals surface area contributed by atoms with E-state index in [0.717, 1.165) is 31.4 Å². The lowest BCUT2D eigenvalue weighted by Gasteiger charge is -2.22. The van der Waals surface area contributed by atoms with Gasteiger partial charge in [0, 0.05) is 11.6 Å². The molecule has 26 heavy (non-hydrogen) atoms. The van der Waals surface area contributed by atoms with Crippen molar-refractivity contribution in [3.8, 4) is 6.07 Å². The minimum Gasteiger partial charge on any atom is -0.451 e. The zero-order valence-electron chi connectivity index (χ0n) is 15.7. The molecule has 2 saturated carbocycles. The van der Waals surface area contributed by atoms with Crippen LogP contribution in [0.4, 0.5) is 0 Å². The molecule has 2 aliphatic rings. The zero-order valence-corrected chi connectivity index (χ0v) is 15.7. The van der Waals surface area contributed by atoms with E-state index in [1.807, 2.05) is 25.5 Å². The minimum absolute atomic E-state index is 0.227. The second-order valence-corrected chi connectivity index (χ2v) is 8.34. The molecule has 3 rings (SSSR count). The van der Waals surface area contributed by atoms with Gasteiger partial charge in [0.05, 0.1) is 11.6 Å². The van der Waals surface area contributed by atoms with Crippen molar-refractivity contribution < 1.29 is 14.3 Å². The summed E-state index contributed by atoms with van der Waals surface area (Å²) in [5.41, 5.74) is 0.236. The fourth-order valence-electron chi connectivity index (χ4n) is 3.45. The van der Waals surface area contributed by atoms with E-state index in [9.17, 15) is 14.9 Å². The van der Waals surface area contributed by atoms with Gasteiger partial charge in [-0.1, -0.05) is 0 Å². The number of carbonyl (C=O) groups is 2. The van der Waals surface area contributed by atoms with Crippen LogP contribution in [-0.2, 0) is 15.1 Å². The predicted molar refractivity (Wildman–Crippen MR) is 94.4 cm³/mol. The molecule has 0 bridgehead atoms. The van der Waals surface area contributed by atoms with Gasteiger partial charge in [-0.15, -0.1) is 0 Å². The maximum atomic E-state index is 12.3. The molecular formula is C19H26N4O3. The van der Waals surface area contributed by atoms with Crippen molar-refractivity contribution >= 4 is 11.9 Å². The van der Waals surface area contributed by atoms with Crippen molar-refractivity contribution in [2.75, 3.05) is 6.61 Å². The van der Waals surface area contributed by atoms with Crippen LogP contribution in [-0.4, -0.2) is 33.8 Å². The lowest BCUT2D eigenvalue weighted by atomic mass is 10.00. The van der Waals surface area contributed by atoms with E-state index in [1.54, 1.807) is 6.07 Å². The SMILES string of the molecule is CC(C)(C)n1nc(C(=O)OCC(=O)NC2(C#N)CCCC2)cc1C1CC1. The summed E-state index contributed by atoms with van der Waals surface area (Å²) in [6, 6.07) is 3.96. The van der Waals surface area contributed by atoms with E-state index >= 15 is 0 Å². The molecular weight excluding hydrogens is 332 g/mol. The number of esters is 1. The topological polar surface area (TPSA) is 97.0 Å². The van der Waals surface area contributed by atoms with Crippen LogP contribution in [0.15, 0.2) is 6.07 Å². The Bertz CT molecular complexity index is 744. The van der Waals surface area contributed by atoms with E-state index in [0.29, 0.717) is 18.8 Å². The van der Waals surface area contributed by atoms with Crippen molar-refractivity contribution in [1.29, 1.82) is 5.26 Å². The van der Waals surface area contributed by atoms with Gasteiger partial charge in [-0.2, -0.15) is 10.4 Å². The maximum absolute atomic E-state index is 12.3. The Hall–Kier alpha value is -2.36. The van der Waals surface area contributed by atoms with Gasteiger partial charge in [-0.3, -0.25) is 9.48 Å². The first-order valence-electron chi connectivity index (χ1n) is 9.24. The maximum Gasteiger partial charge on any atom is 0.359 e. The van der Waals surface area contributed by atoms with E-state index < -0.39 is 24.0 Å². The van der Waals surface area contributed by atoms with Crippen LogP contribution in [0.5, 0.6) is 0 Å². The summed E-state index contributed by atoms with van der Waals surface area (Å²) in [5.74, 6) is -0.605. The molecule has 0 aliphatic heterocycles. The molecule has 0 saturated heterocycles. The van der Waals surface area contributed by atoms with Gasteiger partial charge in [-0.25, -0.2) is 4.79 Å². The summed E-state index contributed by atoms with van der Waals surface area (Å²) < 4.78 is 7.01. The van der Waals surface area contributed by atoms with Crippen LogP contribution in [0.1, 0.15) is 81.4 Å². The smallest absolute Gasteiger partial charge is 0.359 e. The molecule has 1 heterocycles. The summed E-state index contributed by atoms with van der Waals surface area (Å²) in [6.07, 6.45) is 5.33. The third-order valence-corrected chi connectivity index (χ3v) is 4.96. The van der Waals surface area contributed by atoms with E-state index in [1.165, 1.54) is 0 Å². The Kier molecular flexibility index (Phi) is 4.78. The summed E-state index contributed by atoms with van der Waals surface area (Å²) in [7, 11) is 0. The minimum atomic E-state index is -0.809. The Morgan fingerprint density at radius 2 is 2.04 bits per heavy atom. The molecule has 7 heteroatoms. The molecule has 0 atom stereocenters. The standard InChI is InChI=1S/C19H26N4O3/c1-18(2,3)23-15(13-6-7-13)10-14(22-23)17(25)26-11-16(24)21-19(12-20)8-4-5-9-19/h10,13H,4-9,11H2,1-3H3,(H,21,24). The lowest BCUT2D eigenvalue weighted by molar-refractivity contribution is -0.125. The van der Waals surface area contributed by atoms with Gasteiger partial charge in [0.1, 0.15) is 5.54 Å². The number of hydrogen-bond donors (Lipinski definition) is 1. The summed E-state index contributed by atoms with van der Waals surface area (Å²) >= 11 is 0. The monoisotopic (exact) mass is 358 g/mol. The average molecular weight is 358 g/mol. The first kappa shape index (κ1) is 18.4. The number of nitriles is 1. The van der Waals surface area contributed by atoms with Gasteiger partial charge in [0.15, 0.2) is 12.3 Å². The van der Waals surface area contributed by atoms with Crippen LogP contribution in [0.3, 0.4) is 0 Å². The number of carbonyl (C=O) groups excluding carboxylic acids is 2. The van der Waals surface area contributed by atoms with Crippen molar-refractivity contribution in [3.63, 3.8) is 0 Å². The highest BCUT2D eigenvalue weighted by Gasteiger charge is 2.36. The summed E-state index contributed by atoms with van der Waals surface area (Å²) in [4.78, 5) is 24.4. The van der Waals surface area contributed by atoms with E-state index in [4.69, 9.17) is 4.74 Å². The molecule has 1 aromatic rings. The van der Waals surface area contributed by atoms with Crippen LogP contribution in [0.25, 0.3) is 0 Å². The highest BCUT2D eigenvalue weighted by atomic mass is 16.5. The second kappa shape index (κ2) is 6.75. The third kappa shape index (κ3) is 3.90. The Morgan fingerprint density at radius 1 is 1.38 bits per heavy atom. The van der Waals surface area contributed by atoms with E-state index in [2.05, 4.69) is 16.5 Å². The number of ether oxygens (including phenoxy) is 1. The first-order chi connectivity index (χ1) is 12.2. The van der Waals surface area contributed by atoms with Crippen molar-refractivity contribution in [3.05, 3.63) is 17.5 Å². The molecule has 140 valence electrons. The molecule has 2 fully saturated rings. The van der Waals surface area contributed by atoms with Crippen molar-refractivity contribution in [2.24, 2.45) is 0 Å². The van der Waals surface area contributed by atoms with Crippen LogP contribution in [0.2, 0.25) is 0 Å². The number of aromatic nitrogens is 2. The Morgan fingerprint density at radius 3 is 2.58 bits per heavy atom. The molecule has 0 spiro atoms. The normalized spacial score (nSPS) is 19.0. The van der Waals surface area contributed by atoms with Gasteiger partial charge < -0.3 is 10.1 Å². The van der Waals surface area contributed by atoms with Crippen LogP contribution >= 0.6 is 0 Å². The predicted octanol–water partition coefficient (Wildman–Crippen LogP) is 2.62. The van der Waals surface area contributed by atoms with Crippen LogP contribution in [0, 0.1) is 11.3 Å². The average Bonchev–Trinajstić information content (AvgIpc) is 3.15. The molecule has 1 amide bonds. The second-order valence-electron chi connectivity index (χ2n) is 8.34. The number of nitrogens with one attached hydrogen (secondary N) is 1. The summed E-state index contributed by atoms with van der Waals surface area (Å²) in [6.45, 7) is 5.72. The largest absolute Gasteiger partial charge is 0.451 e.